The molecule has 0 radical (unpaired) electrons. The molecule has 33 heavy (non-hydrogen) atoms. The SMILES string of the molecule is CCn1cc(C2=C(c3cn(CCCCC#N)c4ccccc34)C(=O)NC2=O)c2ccccc21. The molecule has 0 spiro atoms. The van der Waals surface area contributed by atoms with E-state index >= 15 is 0 Å². The Kier molecular flexibility index (Phi) is 5.31. The van der Waals surface area contributed by atoms with Crippen LogP contribution in [-0.2, 0) is 22.7 Å². The number of nitriles is 1. The Hall–Kier alpha value is -4.11. The normalized spacial score (nSPS) is 13.8. The van der Waals surface area contributed by atoms with Crippen molar-refractivity contribution in [1.82, 2.24) is 14.5 Å². The van der Waals surface area contributed by atoms with Gasteiger partial charge < -0.3 is 9.13 Å². The summed E-state index contributed by atoms with van der Waals surface area (Å²) in [6, 6.07) is 18.1. The number of hydrogen-bond donors (Lipinski definition) is 1. The van der Waals surface area contributed by atoms with Crippen LogP contribution in [0.2, 0.25) is 0 Å². The molecule has 0 saturated heterocycles. The number of benzene rings is 2. The van der Waals surface area contributed by atoms with Gasteiger partial charge in [0.05, 0.1) is 17.2 Å². The minimum absolute atomic E-state index is 0.361. The summed E-state index contributed by atoms with van der Waals surface area (Å²) >= 11 is 0. The smallest absolute Gasteiger partial charge is 0.259 e. The molecule has 6 nitrogen and oxygen atoms in total. The first kappa shape index (κ1) is 20.8. The van der Waals surface area contributed by atoms with E-state index in [1.807, 2.05) is 60.9 Å². The number of hydrogen-bond acceptors (Lipinski definition) is 3. The number of nitrogens with one attached hydrogen (secondary N) is 1. The van der Waals surface area contributed by atoms with Gasteiger partial charge in [0.2, 0.25) is 0 Å². The second-order valence-electron chi connectivity index (χ2n) is 8.25. The van der Waals surface area contributed by atoms with Crippen LogP contribution >= 0.6 is 0 Å². The van der Waals surface area contributed by atoms with Crippen molar-refractivity contribution in [2.75, 3.05) is 0 Å². The number of amides is 2. The third-order valence-corrected chi connectivity index (χ3v) is 6.33. The fraction of sp³-hybridized carbons (Fsp3) is 0.222. The number of unbranched alkanes of at least 4 members (excludes halogenated alkanes) is 2. The summed E-state index contributed by atoms with van der Waals surface area (Å²) < 4.78 is 4.22. The van der Waals surface area contributed by atoms with E-state index in [1.165, 1.54) is 0 Å². The van der Waals surface area contributed by atoms with Gasteiger partial charge in [0, 0.05) is 64.8 Å². The Bertz CT molecular complexity index is 1480. The predicted octanol–water partition coefficient (Wildman–Crippen LogP) is 4.88. The first-order chi connectivity index (χ1) is 16.1. The van der Waals surface area contributed by atoms with Crippen LogP contribution in [0.3, 0.4) is 0 Å². The summed E-state index contributed by atoms with van der Waals surface area (Å²) in [4.78, 5) is 26.2. The maximum absolute atomic E-state index is 13.1. The molecule has 0 saturated carbocycles. The topological polar surface area (TPSA) is 79.8 Å². The van der Waals surface area contributed by atoms with Crippen molar-refractivity contribution >= 4 is 44.8 Å². The van der Waals surface area contributed by atoms with Gasteiger partial charge in [0.1, 0.15) is 0 Å². The Morgan fingerprint density at radius 1 is 0.818 bits per heavy atom. The Labute approximate surface area is 191 Å². The molecule has 2 aromatic heterocycles. The van der Waals surface area contributed by atoms with Crippen LogP contribution in [0.1, 0.15) is 37.3 Å². The zero-order valence-corrected chi connectivity index (χ0v) is 18.5. The van der Waals surface area contributed by atoms with Crippen LogP contribution < -0.4 is 5.32 Å². The van der Waals surface area contributed by atoms with E-state index in [4.69, 9.17) is 5.26 Å². The summed E-state index contributed by atoms with van der Waals surface area (Å²) in [6.07, 6.45) is 6.16. The summed E-state index contributed by atoms with van der Waals surface area (Å²) in [7, 11) is 0. The minimum Gasteiger partial charge on any atom is -0.347 e. The van der Waals surface area contributed by atoms with Crippen LogP contribution in [0.5, 0.6) is 0 Å². The van der Waals surface area contributed by atoms with Gasteiger partial charge in [-0.2, -0.15) is 5.26 Å². The van der Waals surface area contributed by atoms with Crippen LogP contribution in [-0.4, -0.2) is 20.9 Å². The molecule has 0 fully saturated rings. The van der Waals surface area contributed by atoms with Gasteiger partial charge in [-0.3, -0.25) is 14.9 Å². The lowest BCUT2D eigenvalue weighted by atomic mass is 9.95. The average molecular weight is 437 g/mol. The van der Waals surface area contributed by atoms with Gasteiger partial charge in [0.15, 0.2) is 0 Å². The molecule has 5 rings (SSSR count). The molecule has 1 aliphatic heterocycles. The fourth-order valence-corrected chi connectivity index (χ4v) is 4.79. The molecule has 3 heterocycles. The third kappa shape index (κ3) is 3.42. The summed E-state index contributed by atoms with van der Waals surface area (Å²) in [6.45, 7) is 3.57. The number of aryl methyl sites for hydroxylation is 2. The molecule has 0 unspecified atom stereocenters. The molecule has 2 amide bonds. The van der Waals surface area contributed by atoms with Crippen molar-refractivity contribution in [3.05, 3.63) is 72.1 Å². The summed E-state index contributed by atoms with van der Waals surface area (Å²) in [5.74, 6) is -0.726. The average Bonchev–Trinajstić information content (AvgIpc) is 3.47. The van der Waals surface area contributed by atoms with Gasteiger partial charge in [0.25, 0.3) is 11.8 Å². The minimum atomic E-state index is -0.365. The molecule has 4 aromatic rings. The number of para-hydroxylation sites is 2. The van der Waals surface area contributed by atoms with Gasteiger partial charge in [-0.1, -0.05) is 36.4 Å². The Morgan fingerprint density at radius 3 is 1.94 bits per heavy atom. The largest absolute Gasteiger partial charge is 0.347 e. The third-order valence-electron chi connectivity index (χ3n) is 6.33. The maximum Gasteiger partial charge on any atom is 0.259 e. The van der Waals surface area contributed by atoms with Gasteiger partial charge >= 0.3 is 0 Å². The Morgan fingerprint density at radius 2 is 1.36 bits per heavy atom. The van der Waals surface area contributed by atoms with Crippen molar-refractivity contribution in [1.29, 1.82) is 5.26 Å². The molecular weight excluding hydrogens is 412 g/mol. The fourth-order valence-electron chi connectivity index (χ4n) is 4.79. The predicted molar refractivity (Wildman–Crippen MR) is 129 cm³/mol. The van der Waals surface area contributed by atoms with Gasteiger partial charge in [-0.05, 0) is 31.9 Å². The van der Waals surface area contributed by atoms with Crippen LogP contribution in [0, 0.1) is 11.3 Å². The summed E-state index contributed by atoms with van der Waals surface area (Å²) in [5.41, 5.74) is 4.43. The number of rotatable bonds is 7. The molecule has 0 aliphatic carbocycles. The van der Waals surface area contributed by atoms with Crippen molar-refractivity contribution in [2.45, 2.75) is 39.3 Å². The van der Waals surface area contributed by atoms with E-state index in [9.17, 15) is 9.59 Å². The van der Waals surface area contributed by atoms with Crippen molar-refractivity contribution in [3.8, 4) is 6.07 Å². The zero-order chi connectivity index (χ0) is 22.9. The van der Waals surface area contributed by atoms with E-state index in [0.717, 1.165) is 58.9 Å². The lowest BCUT2D eigenvalue weighted by molar-refractivity contribution is -0.122. The lowest BCUT2D eigenvalue weighted by Crippen LogP contribution is -2.22. The van der Waals surface area contributed by atoms with Crippen LogP contribution in [0.25, 0.3) is 33.0 Å². The molecule has 6 heteroatoms. The molecular formula is C27H24N4O2. The van der Waals surface area contributed by atoms with Crippen LogP contribution in [0.4, 0.5) is 0 Å². The zero-order valence-electron chi connectivity index (χ0n) is 18.5. The molecule has 164 valence electrons. The van der Waals surface area contributed by atoms with E-state index < -0.39 is 0 Å². The highest BCUT2D eigenvalue weighted by atomic mass is 16.2. The monoisotopic (exact) mass is 436 g/mol. The highest BCUT2D eigenvalue weighted by Crippen LogP contribution is 2.39. The second kappa shape index (κ2) is 8.44. The quantitative estimate of drug-likeness (QED) is 0.331. The van der Waals surface area contributed by atoms with E-state index in [-0.39, 0.29) is 11.8 Å². The van der Waals surface area contributed by atoms with Gasteiger partial charge in [-0.25, -0.2) is 0 Å². The van der Waals surface area contributed by atoms with Crippen LogP contribution in [0.15, 0.2) is 60.9 Å². The second-order valence-corrected chi connectivity index (χ2v) is 8.25. The summed E-state index contributed by atoms with van der Waals surface area (Å²) in [5, 5.41) is 13.3. The molecule has 1 aliphatic rings. The first-order valence-corrected chi connectivity index (χ1v) is 11.3. The number of nitrogens with zero attached hydrogens (tertiary/aromatic N) is 3. The lowest BCUT2D eigenvalue weighted by Gasteiger charge is -2.03. The van der Waals surface area contributed by atoms with Crippen molar-refractivity contribution < 1.29 is 9.59 Å². The number of imide groups is 1. The Balaban J connectivity index is 1.72. The van der Waals surface area contributed by atoms with Crippen molar-refractivity contribution in [3.63, 3.8) is 0 Å². The maximum atomic E-state index is 13.1. The number of aromatic nitrogens is 2. The highest BCUT2D eigenvalue weighted by molar-refractivity contribution is 6.50. The molecule has 1 N–H and O–H groups in total. The standard InChI is InChI=1S/C27H24N4O2/c1-2-30-16-20(18-10-4-6-12-22(18)30)24-25(27(33)29-26(24)32)21-17-31(15-9-3-8-14-28)23-13-7-5-11-19(21)23/h4-7,10-13,16-17H,2-3,8-9,15H2,1H3,(H,29,32,33). The number of carbonyl (C=O) groups is 2. The first-order valence-electron chi connectivity index (χ1n) is 11.3. The molecule has 2 aromatic carbocycles. The highest BCUT2D eigenvalue weighted by Gasteiger charge is 2.35. The van der Waals surface area contributed by atoms with E-state index in [2.05, 4.69) is 27.4 Å². The number of fused-ring (bicyclic) bond motifs is 2. The van der Waals surface area contributed by atoms with Crippen molar-refractivity contribution in [2.24, 2.45) is 0 Å². The number of carbonyl (C=O) groups excluding carboxylic acids is 2. The van der Waals surface area contributed by atoms with Gasteiger partial charge in [-0.15, -0.1) is 0 Å². The van der Waals surface area contributed by atoms with E-state index in [0.29, 0.717) is 17.6 Å². The van der Waals surface area contributed by atoms with E-state index in [1.54, 1.807) is 0 Å². The molecule has 0 bridgehead atoms. The molecule has 0 atom stereocenters.